The number of carbonyl (C=O) groups is 3. The van der Waals surface area contributed by atoms with E-state index in [0.717, 1.165) is 11.4 Å². The van der Waals surface area contributed by atoms with Gasteiger partial charge in [0.15, 0.2) is 0 Å². The molecular formula is C29H27F2N3O3. The molecule has 2 heterocycles. The van der Waals surface area contributed by atoms with Gasteiger partial charge in [-0.25, -0.2) is 13.7 Å². The highest BCUT2D eigenvalue weighted by Crippen LogP contribution is 2.31. The number of benzene rings is 3. The summed E-state index contributed by atoms with van der Waals surface area (Å²) in [5, 5.41) is 0. The molecule has 3 aromatic rings. The van der Waals surface area contributed by atoms with Gasteiger partial charge in [-0.1, -0.05) is 42.5 Å². The van der Waals surface area contributed by atoms with E-state index >= 15 is 0 Å². The number of likely N-dealkylation sites (tertiary alicyclic amines) is 1. The number of rotatable bonds is 6. The van der Waals surface area contributed by atoms with Crippen LogP contribution in [0.25, 0.3) is 0 Å². The third-order valence-electron chi connectivity index (χ3n) is 7.08. The molecule has 3 aromatic carbocycles. The predicted molar refractivity (Wildman–Crippen MR) is 135 cm³/mol. The summed E-state index contributed by atoms with van der Waals surface area (Å²) >= 11 is 0. The maximum Gasteiger partial charge on any atom is 0.257 e. The molecule has 2 aliphatic rings. The molecule has 0 radical (unpaired) electrons. The molecule has 190 valence electrons. The van der Waals surface area contributed by atoms with Crippen LogP contribution < -0.4 is 4.90 Å². The average Bonchev–Trinajstić information content (AvgIpc) is 3.20. The Morgan fingerprint density at radius 1 is 0.865 bits per heavy atom. The Morgan fingerprint density at radius 3 is 2.19 bits per heavy atom. The molecule has 3 amide bonds. The Hall–Kier alpha value is -3.91. The highest BCUT2D eigenvalue weighted by molar-refractivity contribution is 6.23. The van der Waals surface area contributed by atoms with E-state index in [9.17, 15) is 23.2 Å². The molecule has 0 aliphatic carbocycles. The number of imide groups is 1. The van der Waals surface area contributed by atoms with Crippen molar-refractivity contribution in [3.8, 4) is 0 Å². The molecule has 1 atom stereocenters. The van der Waals surface area contributed by atoms with E-state index in [4.69, 9.17) is 0 Å². The molecule has 0 spiro atoms. The van der Waals surface area contributed by atoms with Gasteiger partial charge in [0.2, 0.25) is 5.91 Å². The number of nitrogens with zero attached hydrogens (tertiary/aromatic N) is 3. The monoisotopic (exact) mass is 503 g/mol. The zero-order valence-corrected chi connectivity index (χ0v) is 20.2. The second kappa shape index (κ2) is 10.6. The van der Waals surface area contributed by atoms with Crippen LogP contribution in [-0.4, -0.2) is 52.7 Å². The van der Waals surface area contributed by atoms with Crippen LogP contribution in [0.1, 0.15) is 35.2 Å². The van der Waals surface area contributed by atoms with Gasteiger partial charge in [0, 0.05) is 25.7 Å². The summed E-state index contributed by atoms with van der Waals surface area (Å²) in [6.45, 7) is 2.16. The highest BCUT2D eigenvalue weighted by Gasteiger charge is 2.47. The second-order valence-corrected chi connectivity index (χ2v) is 9.45. The number of hydrogen-bond acceptors (Lipinski definition) is 4. The molecule has 0 saturated carbocycles. The summed E-state index contributed by atoms with van der Waals surface area (Å²) in [7, 11) is 0. The van der Waals surface area contributed by atoms with Crippen LogP contribution in [0.4, 0.5) is 14.5 Å². The Kier molecular flexibility index (Phi) is 7.10. The van der Waals surface area contributed by atoms with Crippen molar-refractivity contribution in [1.82, 2.24) is 9.80 Å². The van der Waals surface area contributed by atoms with Crippen molar-refractivity contribution >= 4 is 23.4 Å². The second-order valence-electron chi connectivity index (χ2n) is 9.45. The van der Waals surface area contributed by atoms with Gasteiger partial charge in [-0.2, -0.15) is 0 Å². The highest BCUT2D eigenvalue weighted by atomic mass is 19.1. The van der Waals surface area contributed by atoms with Crippen molar-refractivity contribution in [2.24, 2.45) is 0 Å². The van der Waals surface area contributed by atoms with Crippen LogP contribution in [0.2, 0.25) is 0 Å². The van der Waals surface area contributed by atoms with E-state index in [2.05, 4.69) is 17.0 Å². The maximum absolute atomic E-state index is 14.7. The molecule has 2 saturated heterocycles. The Morgan fingerprint density at radius 2 is 1.51 bits per heavy atom. The van der Waals surface area contributed by atoms with Gasteiger partial charge in [-0.05, 0) is 54.8 Å². The van der Waals surface area contributed by atoms with Crippen LogP contribution in [-0.2, 0) is 16.1 Å². The van der Waals surface area contributed by atoms with Crippen molar-refractivity contribution in [3.63, 3.8) is 0 Å². The molecule has 6 nitrogen and oxygen atoms in total. The molecule has 0 bridgehead atoms. The van der Waals surface area contributed by atoms with Crippen LogP contribution in [0, 0.1) is 11.6 Å². The first-order valence-corrected chi connectivity index (χ1v) is 12.4. The normalized spacial score (nSPS) is 18.9. The predicted octanol–water partition coefficient (Wildman–Crippen LogP) is 4.40. The fraction of sp³-hybridized carbons (Fsp3) is 0.276. The average molecular weight is 504 g/mol. The van der Waals surface area contributed by atoms with E-state index in [1.54, 1.807) is 6.07 Å². The van der Waals surface area contributed by atoms with Gasteiger partial charge in [0.1, 0.15) is 17.7 Å². The summed E-state index contributed by atoms with van der Waals surface area (Å²) < 4.78 is 28.1. The fourth-order valence-electron chi connectivity index (χ4n) is 5.23. The summed E-state index contributed by atoms with van der Waals surface area (Å²) in [6.07, 6.45) is 0.962. The first-order chi connectivity index (χ1) is 17.9. The summed E-state index contributed by atoms with van der Waals surface area (Å²) in [5.41, 5.74) is 1.30. The van der Waals surface area contributed by atoms with Crippen molar-refractivity contribution in [3.05, 3.63) is 102 Å². The van der Waals surface area contributed by atoms with Gasteiger partial charge in [-0.3, -0.25) is 19.3 Å². The molecular weight excluding hydrogens is 476 g/mol. The molecule has 0 N–H and O–H groups in total. The van der Waals surface area contributed by atoms with E-state index < -0.39 is 35.4 Å². The van der Waals surface area contributed by atoms with Crippen LogP contribution in [0.15, 0.2) is 78.9 Å². The van der Waals surface area contributed by atoms with Crippen molar-refractivity contribution in [2.75, 3.05) is 18.0 Å². The molecule has 1 unspecified atom stereocenters. The number of halogens is 2. The summed E-state index contributed by atoms with van der Waals surface area (Å²) in [6, 6.07) is 19.4. The molecule has 8 heteroatoms. The Labute approximate surface area is 214 Å². The van der Waals surface area contributed by atoms with Crippen molar-refractivity contribution < 1.29 is 23.2 Å². The minimum Gasteiger partial charge on any atom is -0.323 e. The topological polar surface area (TPSA) is 60.9 Å². The van der Waals surface area contributed by atoms with Crippen LogP contribution in [0.3, 0.4) is 0 Å². The smallest absolute Gasteiger partial charge is 0.257 e. The first-order valence-electron chi connectivity index (χ1n) is 12.4. The van der Waals surface area contributed by atoms with E-state index in [1.165, 1.54) is 52.9 Å². The molecule has 2 aliphatic heterocycles. The summed E-state index contributed by atoms with van der Waals surface area (Å²) in [4.78, 5) is 44.9. The third kappa shape index (κ3) is 5.15. The number of amides is 3. The van der Waals surface area contributed by atoms with Crippen LogP contribution >= 0.6 is 0 Å². The molecule has 2 fully saturated rings. The van der Waals surface area contributed by atoms with Gasteiger partial charge >= 0.3 is 0 Å². The molecule has 37 heavy (non-hydrogen) atoms. The van der Waals surface area contributed by atoms with E-state index in [-0.39, 0.29) is 23.7 Å². The van der Waals surface area contributed by atoms with Crippen molar-refractivity contribution in [1.29, 1.82) is 0 Å². The number of piperidine rings is 1. The largest absolute Gasteiger partial charge is 0.323 e. The van der Waals surface area contributed by atoms with Crippen LogP contribution in [0.5, 0.6) is 0 Å². The van der Waals surface area contributed by atoms with Gasteiger partial charge in [-0.15, -0.1) is 0 Å². The minimum absolute atomic E-state index is 0.130. The lowest BCUT2D eigenvalue weighted by molar-refractivity contribution is -0.123. The van der Waals surface area contributed by atoms with E-state index in [1.807, 2.05) is 18.2 Å². The summed E-state index contributed by atoms with van der Waals surface area (Å²) in [5.74, 6) is -2.81. The number of hydrogen-bond donors (Lipinski definition) is 0. The van der Waals surface area contributed by atoms with E-state index in [0.29, 0.717) is 25.9 Å². The van der Waals surface area contributed by atoms with Crippen molar-refractivity contribution in [2.45, 2.75) is 37.9 Å². The number of carbonyl (C=O) groups excluding carboxylic acids is 3. The maximum atomic E-state index is 14.7. The standard InChI is InChI=1S/C29H27F2N3O3/c30-21-10-12-22(13-11-21)34-27(35)18-26(29(34)37)33(28(36)24-8-4-5-9-25(24)31)23-14-16-32(17-15-23)19-20-6-2-1-3-7-20/h1-13,23,26H,14-19H2. The van der Waals surface area contributed by atoms with Gasteiger partial charge in [0.05, 0.1) is 17.7 Å². The lowest BCUT2D eigenvalue weighted by atomic mass is 9.98. The Balaban J connectivity index is 1.40. The molecule has 5 rings (SSSR count). The third-order valence-corrected chi connectivity index (χ3v) is 7.08. The zero-order valence-electron chi connectivity index (χ0n) is 20.2. The van der Waals surface area contributed by atoms with Gasteiger partial charge in [0.25, 0.3) is 11.8 Å². The minimum atomic E-state index is -1.06. The first kappa shape index (κ1) is 24.8. The lowest BCUT2D eigenvalue weighted by Gasteiger charge is -2.40. The fourth-order valence-corrected chi connectivity index (χ4v) is 5.23. The zero-order chi connectivity index (χ0) is 25.9. The van der Waals surface area contributed by atoms with Gasteiger partial charge < -0.3 is 4.90 Å². The number of anilines is 1. The SMILES string of the molecule is O=C1CC(N(C(=O)c2ccccc2F)C2CCN(Cc3ccccc3)CC2)C(=O)N1c1ccc(F)cc1. The molecule has 0 aromatic heterocycles. The Bertz CT molecular complexity index is 1290. The lowest BCUT2D eigenvalue weighted by Crippen LogP contribution is -2.54. The quantitative estimate of drug-likeness (QED) is 0.468.